The number of aromatic nitrogens is 8. The number of nitrogens with one attached hydrogen (secondary N) is 1. The molecule has 192 valence electrons. The smallest absolute Gasteiger partial charge is 0.372 e. The number of fused-ring (bicyclic) bond motifs is 20. The molecule has 0 radical (unpaired) electrons. The topological polar surface area (TPSA) is 107 Å². The van der Waals surface area contributed by atoms with Crippen molar-refractivity contribution >= 4 is 44.1 Å². The summed E-state index contributed by atoms with van der Waals surface area (Å²) in [6.45, 7) is 0. The fourth-order valence-electron chi connectivity index (χ4n) is 5.45. The average Bonchev–Trinajstić information content (AvgIpc) is 3.73. The van der Waals surface area contributed by atoms with E-state index in [0.29, 0.717) is 45.9 Å². The summed E-state index contributed by atoms with van der Waals surface area (Å²) in [5.74, 6) is 2.25. The van der Waals surface area contributed by atoms with Crippen molar-refractivity contribution in [3.63, 3.8) is 0 Å². The van der Waals surface area contributed by atoms with E-state index in [1.165, 1.54) is 0 Å². The first-order chi connectivity index (χ1) is 19.8. The van der Waals surface area contributed by atoms with Gasteiger partial charge in [0.2, 0.25) is 0 Å². The van der Waals surface area contributed by atoms with Crippen LogP contribution in [0.5, 0.6) is 0 Å². The van der Waals surface area contributed by atoms with Crippen molar-refractivity contribution in [2.45, 2.75) is 0 Å². The van der Waals surface area contributed by atoms with Crippen LogP contribution < -0.4 is 4.98 Å². The Morgan fingerprint density at radius 3 is 1.51 bits per heavy atom. The van der Waals surface area contributed by atoms with Crippen LogP contribution in [0, 0.1) is 6.07 Å². The average molecular weight is 568 g/mol. The molecular weight excluding hydrogens is 552 g/mol. The number of hydrogen-bond donors (Lipinski definition) is 1. The van der Waals surface area contributed by atoms with Crippen molar-refractivity contribution in [1.29, 1.82) is 0 Å². The molecule has 0 unspecified atom stereocenters. The van der Waals surface area contributed by atoms with Gasteiger partial charge in [0.25, 0.3) is 0 Å². The molecule has 7 aromatic rings. The second kappa shape index (κ2) is 8.89. The fraction of sp³-hybridized carbons (Fsp3) is 0. The van der Waals surface area contributed by atoms with E-state index < -0.39 is 0 Å². The number of H-pyrrole nitrogens is 1. The second-order valence-corrected chi connectivity index (χ2v) is 9.64. The Balaban J connectivity index is 0.00000256. The van der Waals surface area contributed by atoms with Crippen LogP contribution >= 0.6 is 0 Å². The molecule has 0 amide bonds. The SMILES string of the molecule is [Fe+2].[c-]1cccc2c3nc4nc(nc5[n-]c(nc6nc(nc([nH]3)c12)-c1ccccc1-6)c1ccccc51)-c1ccccc1-4. The Labute approximate surface area is 243 Å². The zero-order valence-corrected chi connectivity index (χ0v) is 22.2. The van der Waals surface area contributed by atoms with Gasteiger partial charge in [-0.1, -0.05) is 83.6 Å². The molecule has 41 heavy (non-hydrogen) atoms. The van der Waals surface area contributed by atoms with E-state index in [9.17, 15) is 0 Å². The Bertz CT molecular complexity index is 2030. The third kappa shape index (κ3) is 3.53. The molecule has 2 aliphatic heterocycles. The molecular formula is C32H16FeN8. The van der Waals surface area contributed by atoms with Gasteiger partial charge in [-0.05, 0) is 10.8 Å². The maximum atomic E-state index is 4.98. The molecule has 0 saturated carbocycles. The normalized spacial score (nSPS) is 11.7. The molecule has 0 fully saturated rings. The summed E-state index contributed by atoms with van der Waals surface area (Å²) in [5.41, 5.74) is 5.97. The summed E-state index contributed by atoms with van der Waals surface area (Å²) in [5, 5.41) is 3.51. The molecule has 9 rings (SSSR count). The minimum absolute atomic E-state index is 0. The van der Waals surface area contributed by atoms with E-state index in [0.717, 1.165) is 43.8 Å². The molecule has 0 atom stereocenters. The Hall–Kier alpha value is -5.24. The van der Waals surface area contributed by atoms with Gasteiger partial charge >= 0.3 is 17.1 Å². The number of aromatic amines is 1. The van der Waals surface area contributed by atoms with Crippen molar-refractivity contribution in [3.05, 3.63) is 97.1 Å². The van der Waals surface area contributed by atoms with E-state index in [1.807, 2.05) is 91.0 Å². The van der Waals surface area contributed by atoms with Crippen LogP contribution in [-0.2, 0) is 17.1 Å². The van der Waals surface area contributed by atoms with Crippen LogP contribution in [-0.4, -0.2) is 34.9 Å². The third-order valence-corrected chi connectivity index (χ3v) is 7.31. The van der Waals surface area contributed by atoms with Crippen molar-refractivity contribution in [3.8, 4) is 45.6 Å². The molecule has 0 spiro atoms. The number of rotatable bonds is 0. The monoisotopic (exact) mass is 568 g/mol. The Morgan fingerprint density at radius 2 is 0.951 bits per heavy atom. The maximum Gasteiger partial charge on any atom is 2.00 e. The number of benzene rings is 4. The molecule has 8 bridgehead atoms. The first-order valence-electron chi connectivity index (χ1n) is 12.9. The van der Waals surface area contributed by atoms with Gasteiger partial charge in [-0.2, -0.15) is 0 Å². The molecule has 9 heteroatoms. The second-order valence-electron chi connectivity index (χ2n) is 9.64. The van der Waals surface area contributed by atoms with E-state index in [4.69, 9.17) is 34.9 Å². The quantitative estimate of drug-likeness (QED) is 0.169. The molecule has 5 heterocycles. The summed E-state index contributed by atoms with van der Waals surface area (Å²) in [6.07, 6.45) is 0. The van der Waals surface area contributed by atoms with Gasteiger partial charge in [0.1, 0.15) is 0 Å². The molecule has 8 nitrogen and oxygen atoms in total. The van der Waals surface area contributed by atoms with E-state index in [1.54, 1.807) is 0 Å². The maximum absolute atomic E-state index is 4.98. The predicted octanol–water partition coefficient (Wildman–Crippen LogP) is 6.30. The van der Waals surface area contributed by atoms with E-state index in [-0.39, 0.29) is 17.1 Å². The van der Waals surface area contributed by atoms with Gasteiger partial charge in [0, 0.05) is 33.5 Å². The van der Waals surface area contributed by atoms with Crippen molar-refractivity contribution in [2.75, 3.05) is 0 Å². The van der Waals surface area contributed by atoms with E-state index in [2.05, 4.69) is 11.1 Å². The summed E-state index contributed by atoms with van der Waals surface area (Å²) in [4.78, 5) is 37.9. The molecule has 0 saturated heterocycles. The van der Waals surface area contributed by atoms with Crippen LogP contribution in [0.25, 0.3) is 89.7 Å². The molecule has 3 aromatic heterocycles. The minimum atomic E-state index is 0. The van der Waals surface area contributed by atoms with Gasteiger partial charge in [0.15, 0.2) is 11.6 Å². The first kappa shape index (κ1) is 23.6. The molecule has 4 aromatic carbocycles. The van der Waals surface area contributed by atoms with Gasteiger partial charge < -0.3 is 19.9 Å². The van der Waals surface area contributed by atoms with Crippen LogP contribution in [0.1, 0.15) is 0 Å². The first-order valence-corrected chi connectivity index (χ1v) is 12.9. The van der Waals surface area contributed by atoms with Gasteiger partial charge in [-0.3, -0.25) is 4.98 Å². The summed E-state index contributed by atoms with van der Waals surface area (Å²) in [7, 11) is 0. The van der Waals surface area contributed by atoms with Crippen molar-refractivity contribution in [2.24, 2.45) is 0 Å². The Kier molecular flexibility index (Phi) is 5.12. The zero-order valence-electron chi connectivity index (χ0n) is 21.1. The van der Waals surface area contributed by atoms with E-state index >= 15 is 0 Å². The van der Waals surface area contributed by atoms with Gasteiger partial charge in [-0.15, -0.1) is 24.3 Å². The predicted molar refractivity (Wildman–Crippen MR) is 154 cm³/mol. The van der Waals surface area contributed by atoms with Crippen LogP contribution in [0.4, 0.5) is 0 Å². The van der Waals surface area contributed by atoms with Crippen LogP contribution in [0.2, 0.25) is 0 Å². The number of nitrogens with zero attached hydrogens (tertiary/aromatic N) is 7. The van der Waals surface area contributed by atoms with Gasteiger partial charge in [-0.25, -0.2) is 15.0 Å². The minimum Gasteiger partial charge on any atom is -0.372 e. The van der Waals surface area contributed by atoms with Crippen molar-refractivity contribution in [1.82, 2.24) is 39.9 Å². The summed E-state index contributed by atoms with van der Waals surface area (Å²) >= 11 is 0. The molecule has 2 aliphatic rings. The van der Waals surface area contributed by atoms with Gasteiger partial charge in [0.05, 0.1) is 22.9 Å². The molecule has 1 N–H and O–H groups in total. The Morgan fingerprint density at radius 1 is 0.488 bits per heavy atom. The fourth-order valence-corrected chi connectivity index (χ4v) is 5.45. The number of hydrogen-bond acceptors (Lipinski definition) is 6. The van der Waals surface area contributed by atoms with Crippen LogP contribution in [0.3, 0.4) is 0 Å². The third-order valence-electron chi connectivity index (χ3n) is 7.31. The summed E-state index contributed by atoms with van der Waals surface area (Å²) < 4.78 is 0. The standard InChI is InChI=1S/C32H16N8.Fe/c1-2-10-18-17(9-1)25-33-26(18)38-28-21-13-5-6-14-22(21)30(35-28)40-32-24-16-8-7-15-23(24)31(36-32)39-29-20-12-4-3-11-19(20)27(34-29)37-25;/h1-15H,(H-,33,34,35,36,37,38,39,40);/q-2;+2. The zero-order chi connectivity index (χ0) is 26.2. The largest absolute Gasteiger partial charge is 2.00 e. The van der Waals surface area contributed by atoms with Crippen LogP contribution in [0.15, 0.2) is 91.0 Å². The van der Waals surface area contributed by atoms with Crippen molar-refractivity contribution < 1.29 is 17.1 Å². The summed E-state index contributed by atoms with van der Waals surface area (Å²) in [6, 6.07) is 33.0. The molecule has 0 aliphatic carbocycles.